The highest BCUT2D eigenvalue weighted by atomic mass is 35.5. The summed E-state index contributed by atoms with van der Waals surface area (Å²) in [5.74, 6) is 0. The molecular weight excluding hydrogens is 148 g/mol. The number of alkyl halides is 1. The van der Waals surface area contributed by atoms with Gasteiger partial charge in [-0.2, -0.15) is 5.12 Å². The van der Waals surface area contributed by atoms with Gasteiger partial charge < -0.3 is 0 Å². The fourth-order valence-electron chi connectivity index (χ4n) is 0.483. The standard InChI is InChI=1S/C5H4ClF2N/c6-4-1-2-9(8)5(7)3-4/h1-3,5H. The Morgan fingerprint density at radius 2 is 2.33 bits per heavy atom. The molecule has 1 rings (SSSR count). The monoisotopic (exact) mass is 151 g/mol. The van der Waals surface area contributed by atoms with E-state index in [1.54, 1.807) is 0 Å². The van der Waals surface area contributed by atoms with E-state index in [0.717, 1.165) is 12.3 Å². The molecule has 0 saturated carbocycles. The molecule has 50 valence electrons. The number of halogens is 3. The van der Waals surface area contributed by atoms with Gasteiger partial charge in [0, 0.05) is 11.2 Å². The van der Waals surface area contributed by atoms with Crippen LogP contribution in [-0.2, 0) is 0 Å². The van der Waals surface area contributed by atoms with Crippen LogP contribution < -0.4 is 0 Å². The zero-order valence-electron chi connectivity index (χ0n) is 4.39. The number of allylic oxidation sites excluding steroid dienone is 2. The van der Waals surface area contributed by atoms with Crippen molar-refractivity contribution in [1.82, 2.24) is 5.12 Å². The lowest BCUT2D eigenvalue weighted by molar-refractivity contribution is -0.00676. The van der Waals surface area contributed by atoms with Crippen LogP contribution in [0.5, 0.6) is 0 Å². The van der Waals surface area contributed by atoms with Crippen molar-refractivity contribution >= 4 is 11.6 Å². The fraction of sp³-hybridized carbons (Fsp3) is 0.200. The molecule has 0 amide bonds. The lowest BCUT2D eigenvalue weighted by atomic mass is 10.4. The van der Waals surface area contributed by atoms with E-state index in [9.17, 15) is 8.87 Å². The van der Waals surface area contributed by atoms with Gasteiger partial charge in [-0.1, -0.05) is 16.1 Å². The Labute approximate surface area is 56.1 Å². The Morgan fingerprint density at radius 1 is 1.67 bits per heavy atom. The summed E-state index contributed by atoms with van der Waals surface area (Å²) in [6.07, 6.45) is 1.45. The molecule has 1 atom stereocenters. The van der Waals surface area contributed by atoms with Crippen molar-refractivity contribution in [3.8, 4) is 0 Å². The van der Waals surface area contributed by atoms with Crippen molar-refractivity contribution in [1.29, 1.82) is 0 Å². The number of hydrogen-bond donors (Lipinski definition) is 0. The topological polar surface area (TPSA) is 3.24 Å². The van der Waals surface area contributed by atoms with E-state index >= 15 is 0 Å². The Hall–Kier alpha value is -0.570. The van der Waals surface area contributed by atoms with Crippen LogP contribution >= 0.6 is 11.6 Å². The molecule has 1 heterocycles. The van der Waals surface area contributed by atoms with Crippen LogP contribution in [0.4, 0.5) is 8.87 Å². The van der Waals surface area contributed by atoms with Gasteiger partial charge in [0.05, 0.1) is 0 Å². The first kappa shape index (κ1) is 6.55. The third-order valence-corrected chi connectivity index (χ3v) is 1.16. The molecule has 0 saturated heterocycles. The van der Waals surface area contributed by atoms with Crippen molar-refractivity contribution in [3.63, 3.8) is 0 Å². The van der Waals surface area contributed by atoms with Crippen LogP contribution in [0.15, 0.2) is 23.4 Å². The summed E-state index contributed by atoms with van der Waals surface area (Å²) in [6, 6.07) is 0. The quantitative estimate of drug-likeness (QED) is 0.379. The van der Waals surface area contributed by atoms with E-state index < -0.39 is 6.30 Å². The van der Waals surface area contributed by atoms with Crippen LogP contribution in [0.1, 0.15) is 0 Å². The second kappa shape index (κ2) is 2.35. The van der Waals surface area contributed by atoms with Crippen LogP contribution in [0, 0.1) is 0 Å². The first-order valence-electron chi connectivity index (χ1n) is 2.34. The molecule has 0 fully saturated rings. The molecule has 1 aliphatic heterocycles. The summed E-state index contributed by atoms with van der Waals surface area (Å²) in [5, 5.41) is 0.155. The zero-order chi connectivity index (χ0) is 6.85. The van der Waals surface area contributed by atoms with Crippen LogP contribution in [0.2, 0.25) is 0 Å². The van der Waals surface area contributed by atoms with Gasteiger partial charge in [0.25, 0.3) is 0 Å². The van der Waals surface area contributed by atoms with Gasteiger partial charge in [-0.05, 0) is 12.2 Å². The smallest absolute Gasteiger partial charge is 0.216 e. The summed E-state index contributed by atoms with van der Waals surface area (Å²) in [6.45, 7) is 0. The molecule has 1 nitrogen and oxygen atoms in total. The van der Waals surface area contributed by atoms with Crippen molar-refractivity contribution in [2.45, 2.75) is 6.30 Å². The predicted octanol–water partition coefficient (Wildman–Crippen LogP) is 2.12. The first-order valence-corrected chi connectivity index (χ1v) is 2.71. The molecule has 0 radical (unpaired) electrons. The van der Waals surface area contributed by atoms with Crippen LogP contribution in [0.3, 0.4) is 0 Å². The van der Waals surface area contributed by atoms with Gasteiger partial charge in [0.1, 0.15) is 0 Å². The summed E-state index contributed by atoms with van der Waals surface area (Å²) in [7, 11) is 0. The third-order valence-electron chi connectivity index (χ3n) is 0.909. The predicted molar refractivity (Wildman–Crippen MR) is 30.9 cm³/mol. The Bertz CT molecular complexity index is 166. The highest BCUT2D eigenvalue weighted by Gasteiger charge is 2.13. The second-order valence-corrected chi connectivity index (χ2v) is 2.02. The van der Waals surface area contributed by atoms with Gasteiger partial charge in [0.2, 0.25) is 6.30 Å². The molecule has 1 unspecified atom stereocenters. The second-order valence-electron chi connectivity index (χ2n) is 1.58. The van der Waals surface area contributed by atoms with E-state index in [4.69, 9.17) is 11.6 Å². The maximum atomic E-state index is 12.2. The van der Waals surface area contributed by atoms with Crippen molar-refractivity contribution in [3.05, 3.63) is 23.4 Å². The van der Waals surface area contributed by atoms with Gasteiger partial charge in [-0.3, -0.25) is 0 Å². The number of nitrogens with zero attached hydrogens (tertiary/aromatic N) is 1. The fourth-order valence-corrected chi connectivity index (χ4v) is 0.643. The van der Waals surface area contributed by atoms with Crippen molar-refractivity contribution < 1.29 is 8.87 Å². The Kier molecular flexibility index (Phi) is 1.71. The van der Waals surface area contributed by atoms with E-state index in [1.165, 1.54) is 6.08 Å². The SMILES string of the molecule is FC1C=C(Cl)C=CN1F. The minimum atomic E-state index is -1.73. The molecular formula is C5H4ClF2N. The normalized spacial score (nSPS) is 26.3. The highest BCUT2D eigenvalue weighted by molar-refractivity contribution is 6.31. The maximum Gasteiger partial charge on any atom is 0.220 e. The average Bonchev–Trinajstić information content (AvgIpc) is 1.80. The molecule has 0 bridgehead atoms. The number of hydrogen-bond acceptors (Lipinski definition) is 1. The van der Waals surface area contributed by atoms with Gasteiger partial charge >= 0.3 is 0 Å². The Balaban J connectivity index is 2.70. The van der Waals surface area contributed by atoms with Crippen molar-refractivity contribution in [2.75, 3.05) is 0 Å². The zero-order valence-corrected chi connectivity index (χ0v) is 5.15. The van der Waals surface area contributed by atoms with E-state index in [1.807, 2.05) is 0 Å². The van der Waals surface area contributed by atoms with E-state index in [2.05, 4.69) is 0 Å². The number of rotatable bonds is 0. The lowest BCUT2D eigenvalue weighted by Gasteiger charge is -2.13. The molecule has 0 aromatic rings. The summed E-state index contributed by atoms with van der Waals surface area (Å²) in [5.41, 5.74) is 0. The molecule has 9 heavy (non-hydrogen) atoms. The van der Waals surface area contributed by atoms with E-state index in [0.29, 0.717) is 0 Å². The van der Waals surface area contributed by atoms with E-state index in [-0.39, 0.29) is 10.2 Å². The first-order chi connectivity index (χ1) is 4.20. The molecule has 0 aliphatic carbocycles. The molecule has 0 spiro atoms. The van der Waals surface area contributed by atoms with Crippen LogP contribution in [-0.4, -0.2) is 11.4 Å². The maximum absolute atomic E-state index is 12.2. The van der Waals surface area contributed by atoms with Gasteiger partial charge in [0.15, 0.2) is 0 Å². The average molecular weight is 152 g/mol. The minimum Gasteiger partial charge on any atom is -0.216 e. The third kappa shape index (κ3) is 1.42. The Morgan fingerprint density at radius 3 is 2.78 bits per heavy atom. The molecule has 1 aliphatic rings. The summed E-state index contributed by atoms with van der Waals surface area (Å²) >= 11 is 5.32. The molecule has 0 N–H and O–H groups in total. The minimum absolute atomic E-state index is 0.0636. The molecule has 0 aromatic carbocycles. The highest BCUT2D eigenvalue weighted by Crippen LogP contribution is 2.16. The van der Waals surface area contributed by atoms with Crippen LogP contribution in [0.25, 0.3) is 0 Å². The molecule has 4 heteroatoms. The summed E-state index contributed by atoms with van der Waals surface area (Å²) in [4.78, 5) is 0. The summed E-state index contributed by atoms with van der Waals surface area (Å²) < 4.78 is 24.2. The molecule has 0 aromatic heterocycles. The largest absolute Gasteiger partial charge is 0.220 e. The van der Waals surface area contributed by atoms with Gasteiger partial charge in [-0.15, -0.1) is 0 Å². The lowest BCUT2D eigenvalue weighted by Crippen LogP contribution is -2.17. The van der Waals surface area contributed by atoms with Crippen molar-refractivity contribution in [2.24, 2.45) is 0 Å². The van der Waals surface area contributed by atoms with Gasteiger partial charge in [-0.25, -0.2) is 4.39 Å².